The number of nitrogens with zero attached hydrogens (tertiary/aromatic N) is 3. The van der Waals surface area contributed by atoms with E-state index in [1.807, 2.05) is 6.20 Å². The second-order valence-corrected chi connectivity index (χ2v) is 4.30. The summed E-state index contributed by atoms with van der Waals surface area (Å²) < 4.78 is 2.19. The Balaban J connectivity index is 2.18. The third-order valence-corrected chi connectivity index (χ3v) is 3.15. The first-order valence-corrected chi connectivity index (χ1v) is 5.35. The Morgan fingerprint density at radius 2 is 2.47 bits per heavy atom. The molecular weight excluding hydrogens is 190 g/mol. The van der Waals surface area contributed by atoms with Crippen molar-refractivity contribution < 1.29 is 4.79 Å². The van der Waals surface area contributed by atoms with Gasteiger partial charge in [0.25, 0.3) is 0 Å². The second kappa shape index (κ2) is 4.14. The van der Waals surface area contributed by atoms with Crippen molar-refractivity contribution in [1.29, 1.82) is 0 Å². The first-order valence-electron chi connectivity index (χ1n) is 5.35. The molecule has 2 heterocycles. The molecule has 1 atom stereocenters. The Morgan fingerprint density at radius 3 is 3.13 bits per heavy atom. The predicted molar refractivity (Wildman–Crippen MR) is 57.8 cm³/mol. The van der Waals surface area contributed by atoms with E-state index in [1.165, 1.54) is 0 Å². The van der Waals surface area contributed by atoms with Crippen LogP contribution in [0.4, 0.5) is 0 Å². The van der Waals surface area contributed by atoms with E-state index < -0.39 is 0 Å². The van der Waals surface area contributed by atoms with Gasteiger partial charge in [0.15, 0.2) is 0 Å². The van der Waals surface area contributed by atoms with Gasteiger partial charge in [-0.25, -0.2) is 4.98 Å². The summed E-state index contributed by atoms with van der Waals surface area (Å²) in [6.45, 7) is 0.987. The Hall–Kier alpha value is -1.16. The molecule has 15 heavy (non-hydrogen) atoms. The summed E-state index contributed by atoms with van der Waals surface area (Å²) >= 11 is 0. The number of carbonyl (C=O) groups is 1. The Kier molecular flexibility index (Phi) is 2.86. The molecule has 1 aliphatic heterocycles. The minimum Gasteiger partial charge on any atom is -0.332 e. The fourth-order valence-electron chi connectivity index (χ4n) is 2.17. The molecule has 1 aromatic rings. The molecule has 4 heteroatoms. The van der Waals surface area contributed by atoms with Gasteiger partial charge >= 0.3 is 0 Å². The molecule has 0 saturated carbocycles. The zero-order valence-electron chi connectivity index (χ0n) is 9.31. The lowest BCUT2D eigenvalue weighted by Gasteiger charge is -2.29. The number of hydrogen-bond acceptors (Lipinski definition) is 3. The highest BCUT2D eigenvalue weighted by Gasteiger charge is 2.22. The predicted octanol–water partition coefficient (Wildman–Crippen LogP) is 0.501. The van der Waals surface area contributed by atoms with Gasteiger partial charge in [0.2, 0.25) is 0 Å². The molecule has 0 spiro atoms. The van der Waals surface area contributed by atoms with E-state index in [0.29, 0.717) is 12.5 Å². The first kappa shape index (κ1) is 10.4. The van der Waals surface area contributed by atoms with Crippen LogP contribution in [0.2, 0.25) is 0 Å². The van der Waals surface area contributed by atoms with E-state index in [4.69, 9.17) is 0 Å². The molecule has 1 aromatic heterocycles. The maximum atomic E-state index is 10.5. The molecule has 0 aromatic carbocycles. The van der Waals surface area contributed by atoms with Crippen LogP contribution in [0.25, 0.3) is 0 Å². The summed E-state index contributed by atoms with van der Waals surface area (Å²) in [6, 6.07) is 0.587. The van der Waals surface area contributed by atoms with Crippen LogP contribution in [0.5, 0.6) is 0 Å². The monoisotopic (exact) mass is 207 g/mol. The number of fused-ring (bicyclic) bond motifs is 1. The number of aldehydes is 1. The number of carbonyl (C=O) groups excluding carboxylic acids is 1. The zero-order valence-corrected chi connectivity index (χ0v) is 9.31. The third kappa shape index (κ3) is 1.95. The Bertz CT molecular complexity index is 357. The summed E-state index contributed by atoms with van der Waals surface area (Å²) in [5.41, 5.74) is 1.05. The molecule has 0 saturated heterocycles. The van der Waals surface area contributed by atoms with E-state index in [-0.39, 0.29) is 0 Å². The standard InChI is InChI=1S/C11H17N3O/c1-13(2)9-3-5-14-10(4-6-15)8-12-11(14)7-9/h6,8-9H,3-5,7H2,1-2H3. The minimum atomic E-state index is 0.486. The van der Waals surface area contributed by atoms with E-state index in [2.05, 4.69) is 28.5 Å². The molecule has 0 aliphatic carbocycles. The van der Waals surface area contributed by atoms with Crippen molar-refractivity contribution >= 4 is 6.29 Å². The summed E-state index contributed by atoms with van der Waals surface area (Å²) in [5.74, 6) is 1.12. The van der Waals surface area contributed by atoms with Crippen molar-refractivity contribution in [3.05, 3.63) is 17.7 Å². The van der Waals surface area contributed by atoms with Gasteiger partial charge in [-0.15, -0.1) is 0 Å². The van der Waals surface area contributed by atoms with Crippen LogP contribution in [0.1, 0.15) is 17.9 Å². The molecular formula is C11H17N3O. The van der Waals surface area contributed by atoms with Gasteiger partial charge in [-0.3, -0.25) is 0 Å². The average Bonchev–Trinajstić information content (AvgIpc) is 2.61. The molecule has 4 nitrogen and oxygen atoms in total. The fourth-order valence-corrected chi connectivity index (χ4v) is 2.17. The van der Waals surface area contributed by atoms with Crippen LogP contribution in [-0.2, 0) is 24.2 Å². The highest BCUT2D eigenvalue weighted by Crippen LogP contribution is 2.19. The highest BCUT2D eigenvalue weighted by atomic mass is 16.1. The first-order chi connectivity index (χ1) is 7.22. The van der Waals surface area contributed by atoms with Gasteiger partial charge in [0.1, 0.15) is 12.1 Å². The number of rotatable bonds is 3. The van der Waals surface area contributed by atoms with Crippen molar-refractivity contribution in [2.75, 3.05) is 14.1 Å². The van der Waals surface area contributed by atoms with Gasteiger partial charge in [0.05, 0.1) is 0 Å². The van der Waals surface area contributed by atoms with E-state index in [0.717, 1.165) is 37.2 Å². The van der Waals surface area contributed by atoms with Crippen LogP contribution in [0.3, 0.4) is 0 Å². The lowest BCUT2D eigenvalue weighted by atomic mass is 10.1. The molecule has 0 bridgehead atoms. The Morgan fingerprint density at radius 1 is 1.67 bits per heavy atom. The molecule has 0 N–H and O–H groups in total. The average molecular weight is 207 g/mol. The van der Waals surface area contributed by atoms with Crippen LogP contribution in [-0.4, -0.2) is 40.9 Å². The molecule has 0 fully saturated rings. The normalized spacial score (nSPS) is 20.3. The quantitative estimate of drug-likeness (QED) is 0.677. The molecule has 0 amide bonds. The number of imidazole rings is 1. The topological polar surface area (TPSA) is 38.1 Å². The maximum Gasteiger partial charge on any atom is 0.125 e. The smallest absolute Gasteiger partial charge is 0.125 e. The molecule has 1 unspecified atom stereocenters. The summed E-state index contributed by atoms with van der Waals surface area (Å²) in [7, 11) is 4.21. The fraction of sp³-hybridized carbons (Fsp3) is 0.636. The summed E-state index contributed by atoms with van der Waals surface area (Å²) in [5, 5.41) is 0. The van der Waals surface area contributed by atoms with Gasteiger partial charge < -0.3 is 14.3 Å². The maximum absolute atomic E-state index is 10.5. The number of likely N-dealkylation sites (N-methyl/N-ethyl adjacent to an activating group) is 1. The lowest BCUT2D eigenvalue weighted by molar-refractivity contribution is -0.107. The summed E-state index contributed by atoms with van der Waals surface area (Å²) in [4.78, 5) is 17.1. The SMILES string of the molecule is CN(C)C1CCn2c(CC=O)cnc2C1. The van der Waals surface area contributed by atoms with Crippen LogP contribution in [0, 0.1) is 0 Å². The van der Waals surface area contributed by atoms with Gasteiger partial charge in [-0.2, -0.15) is 0 Å². The molecule has 82 valence electrons. The van der Waals surface area contributed by atoms with E-state index in [1.54, 1.807) is 0 Å². The number of hydrogen-bond donors (Lipinski definition) is 0. The van der Waals surface area contributed by atoms with E-state index in [9.17, 15) is 4.79 Å². The van der Waals surface area contributed by atoms with Crippen molar-refractivity contribution in [3.8, 4) is 0 Å². The zero-order chi connectivity index (χ0) is 10.8. The van der Waals surface area contributed by atoms with Crippen LogP contribution < -0.4 is 0 Å². The van der Waals surface area contributed by atoms with Crippen molar-refractivity contribution in [2.24, 2.45) is 0 Å². The Labute approximate surface area is 89.9 Å². The highest BCUT2D eigenvalue weighted by molar-refractivity contribution is 5.53. The second-order valence-electron chi connectivity index (χ2n) is 4.30. The van der Waals surface area contributed by atoms with Crippen molar-refractivity contribution in [3.63, 3.8) is 0 Å². The molecule has 0 radical (unpaired) electrons. The van der Waals surface area contributed by atoms with Gasteiger partial charge in [-0.1, -0.05) is 0 Å². The lowest BCUT2D eigenvalue weighted by Crippen LogP contribution is -2.35. The number of aromatic nitrogens is 2. The third-order valence-electron chi connectivity index (χ3n) is 3.15. The molecule has 2 rings (SSSR count). The largest absolute Gasteiger partial charge is 0.332 e. The van der Waals surface area contributed by atoms with Crippen molar-refractivity contribution in [2.45, 2.75) is 31.8 Å². The van der Waals surface area contributed by atoms with E-state index >= 15 is 0 Å². The summed E-state index contributed by atoms with van der Waals surface area (Å²) in [6.07, 6.45) is 5.40. The van der Waals surface area contributed by atoms with Gasteiger partial charge in [0, 0.05) is 37.3 Å². The van der Waals surface area contributed by atoms with Crippen LogP contribution in [0.15, 0.2) is 6.20 Å². The minimum absolute atomic E-state index is 0.486. The molecule has 1 aliphatic rings. The van der Waals surface area contributed by atoms with Gasteiger partial charge in [-0.05, 0) is 20.5 Å². The van der Waals surface area contributed by atoms with Crippen molar-refractivity contribution in [1.82, 2.24) is 14.5 Å². The van der Waals surface area contributed by atoms with Crippen LogP contribution >= 0.6 is 0 Å².